The van der Waals surface area contributed by atoms with Crippen molar-refractivity contribution in [3.05, 3.63) is 29.5 Å². The van der Waals surface area contributed by atoms with E-state index in [1.165, 1.54) is 18.4 Å². The summed E-state index contributed by atoms with van der Waals surface area (Å²) >= 11 is 0. The number of nitrogens with one attached hydrogen (secondary N) is 2. The second-order valence-electron chi connectivity index (χ2n) is 5.02. The maximum atomic E-state index is 8.81. The van der Waals surface area contributed by atoms with E-state index in [1.54, 1.807) is 6.07 Å². The Kier molecular flexibility index (Phi) is 3.32. The average molecular weight is 281 g/mol. The van der Waals surface area contributed by atoms with Crippen molar-refractivity contribution in [2.24, 2.45) is 10.8 Å². The monoisotopic (exact) mass is 281 g/mol. The number of hydrogen-bond acceptors (Lipinski definition) is 5. The fraction of sp³-hybridized carbons (Fsp3) is 0.267. The lowest BCUT2D eigenvalue weighted by molar-refractivity contribution is 0.506. The third-order valence-electron chi connectivity index (χ3n) is 3.61. The second-order valence-corrected chi connectivity index (χ2v) is 5.02. The van der Waals surface area contributed by atoms with Crippen molar-refractivity contribution in [1.29, 1.82) is 10.7 Å². The van der Waals surface area contributed by atoms with Crippen LogP contribution in [0.25, 0.3) is 11.0 Å². The number of furan rings is 1. The quantitative estimate of drug-likeness (QED) is 0.456. The topological polar surface area (TPSA) is 111 Å². The number of aryl methyl sites for hydroxylation is 2. The first-order chi connectivity index (χ1) is 10.2. The van der Waals surface area contributed by atoms with Crippen molar-refractivity contribution < 1.29 is 4.42 Å². The van der Waals surface area contributed by atoms with Crippen LogP contribution in [0.1, 0.15) is 24.2 Å². The maximum Gasteiger partial charge on any atom is 0.201 e. The Morgan fingerprint density at radius 3 is 2.95 bits per heavy atom. The molecule has 21 heavy (non-hydrogen) atoms. The Morgan fingerprint density at radius 2 is 2.19 bits per heavy atom. The van der Waals surface area contributed by atoms with Gasteiger partial charge in [-0.25, -0.2) is 0 Å². The molecule has 0 unspecified atom stereocenters. The second kappa shape index (κ2) is 5.29. The van der Waals surface area contributed by atoms with Gasteiger partial charge in [-0.1, -0.05) is 0 Å². The summed E-state index contributed by atoms with van der Waals surface area (Å²) in [5.74, 6) is 0.727. The Morgan fingerprint density at radius 1 is 1.38 bits per heavy atom. The first-order valence-electron chi connectivity index (χ1n) is 6.81. The van der Waals surface area contributed by atoms with Crippen LogP contribution in [0.3, 0.4) is 0 Å². The van der Waals surface area contributed by atoms with Gasteiger partial charge in [0.1, 0.15) is 17.4 Å². The van der Waals surface area contributed by atoms with Crippen molar-refractivity contribution >= 4 is 28.2 Å². The molecule has 0 fully saturated rings. The molecule has 1 aliphatic carbocycles. The summed E-state index contributed by atoms with van der Waals surface area (Å²) in [6, 6.07) is 7.46. The number of hydrogen-bond donors (Lipinski definition) is 3. The first-order valence-corrected chi connectivity index (χ1v) is 6.81. The largest absolute Gasteiger partial charge is 0.461 e. The number of nitrogens with zero attached hydrogens (tertiary/aromatic N) is 2. The average Bonchev–Trinajstić information content (AvgIpc) is 2.85. The van der Waals surface area contributed by atoms with Crippen LogP contribution in [0, 0.1) is 16.7 Å². The molecule has 1 aliphatic rings. The SMILES string of the molecule is N#C/C(=N\Nc1ccc2oc3c(c2c1)CCCC3)C(=N)N. The van der Waals surface area contributed by atoms with Gasteiger partial charge in [0.15, 0.2) is 5.84 Å². The minimum atomic E-state index is -0.355. The zero-order chi connectivity index (χ0) is 14.8. The number of rotatable bonds is 3. The summed E-state index contributed by atoms with van der Waals surface area (Å²) in [5, 5.41) is 21.0. The zero-order valence-electron chi connectivity index (χ0n) is 11.4. The molecule has 1 heterocycles. The summed E-state index contributed by atoms with van der Waals surface area (Å²) in [4.78, 5) is 0. The van der Waals surface area contributed by atoms with Crippen LogP contribution >= 0.6 is 0 Å². The van der Waals surface area contributed by atoms with Gasteiger partial charge in [-0.15, -0.1) is 0 Å². The number of nitrogens with two attached hydrogens (primary N) is 1. The summed E-state index contributed by atoms with van der Waals surface area (Å²) in [5.41, 5.74) is 10.8. The van der Waals surface area contributed by atoms with E-state index in [0.717, 1.165) is 35.3 Å². The molecule has 0 aliphatic heterocycles. The zero-order valence-corrected chi connectivity index (χ0v) is 11.4. The standard InChI is InChI=1S/C15H15N5O/c16-8-12(15(17)18)20-19-9-5-6-14-11(7-9)10-3-1-2-4-13(10)21-14/h5-7,19H,1-4H2,(H3,17,18)/b20-12+. The van der Waals surface area contributed by atoms with Gasteiger partial charge in [0.05, 0.1) is 5.69 Å². The molecule has 0 spiro atoms. The van der Waals surface area contributed by atoms with Crippen molar-refractivity contribution in [3.63, 3.8) is 0 Å². The molecule has 1 aromatic heterocycles. The molecular weight excluding hydrogens is 266 g/mol. The Labute approximate surface area is 121 Å². The molecule has 0 bridgehead atoms. The molecule has 0 saturated heterocycles. The molecule has 0 amide bonds. The number of hydrazone groups is 1. The van der Waals surface area contributed by atoms with Gasteiger partial charge in [0, 0.05) is 17.4 Å². The molecule has 6 nitrogen and oxygen atoms in total. The van der Waals surface area contributed by atoms with Gasteiger partial charge in [0.2, 0.25) is 5.71 Å². The van der Waals surface area contributed by atoms with Crippen molar-refractivity contribution in [2.45, 2.75) is 25.7 Å². The van der Waals surface area contributed by atoms with E-state index >= 15 is 0 Å². The normalized spacial score (nSPS) is 14.5. The van der Waals surface area contributed by atoms with Gasteiger partial charge in [0.25, 0.3) is 0 Å². The van der Waals surface area contributed by atoms with Crippen molar-refractivity contribution in [3.8, 4) is 6.07 Å². The number of nitriles is 1. The number of amidine groups is 1. The van der Waals surface area contributed by atoms with E-state index in [0.29, 0.717) is 0 Å². The minimum Gasteiger partial charge on any atom is -0.461 e. The fourth-order valence-corrected chi connectivity index (χ4v) is 2.60. The lowest BCUT2D eigenvalue weighted by Crippen LogP contribution is -2.21. The highest BCUT2D eigenvalue weighted by molar-refractivity contribution is 6.45. The van der Waals surface area contributed by atoms with Crippen LogP contribution in [0.15, 0.2) is 27.7 Å². The van der Waals surface area contributed by atoms with Crippen LogP contribution in [-0.2, 0) is 12.8 Å². The fourth-order valence-electron chi connectivity index (χ4n) is 2.60. The van der Waals surface area contributed by atoms with Crippen LogP contribution in [-0.4, -0.2) is 11.5 Å². The van der Waals surface area contributed by atoms with E-state index in [4.69, 9.17) is 20.8 Å². The lowest BCUT2D eigenvalue weighted by atomic mass is 9.96. The number of benzene rings is 1. The van der Waals surface area contributed by atoms with E-state index in [1.807, 2.05) is 18.2 Å². The Balaban J connectivity index is 1.94. The van der Waals surface area contributed by atoms with E-state index < -0.39 is 0 Å². The predicted molar refractivity (Wildman–Crippen MR) is 81.4 cm³/mol. The van der Waals surface area contributed by atoms with E-state index in [2.05, 4.69) is 10.5 Å². The lowest BCUT2D eigenvalue weighted by Gasteiger charge is -2.08. The highest BCUT2D eigenvalue weighted by Gasteiger charge is 2.17. The van der Waals surface area contributed by atoms with Gasteiger partial charge < -0.3 is 10.2 Å². The Hall–Kier alpha value is -2.81. The smallest absolute Gasteiger partial charge is 0.201 e. The van der Waals surface area contributed by atoms with Gasteiger partial charge in [-0.3, -0.25) is 10.8 Å². The first kappa shape index (κ1) is 13.2. The summed E-state index contributed by atoms with van der Waals surface area (Å²) in [6.07, 6.45) is 4.38. The molecule has 6 heteroatoms. The molecule has 0 radical (unpaired) electrons. The van der Waals surface area contributed by atoms with Crippen LogP contribution in [0.5, 0.6) is 0 Å². The molecule has 4 N–H and O–H groups in total. The van der Waals surface area contributed by atoms with Crippen LogP contribution in [0.4, 0.5) is 5.69 Å². The third-order valence-corrected chi connectivity index (χ3v) is 3.61. The number of fused-ring (bicyclic) bond motifs is 3. The molecule has 2 aromatic rings. The van der Waals surface area contributed by atoms with Gasteiger partial charge in [-0.2, -0.15) is 10.4 Å². The summed E-state index contributed by atoms with van der Waals surface area (Å²) in [6.45, 7) is 0. The van der Waals surface area contributed by atoms with E-state index in [9.17, 15) is 0 Å². The summed E-state index contributed by atoms with van der Waals surface area (Å²) in [7, 11) is 0. The number of anilines is 1. The molecular formula is C15H15N5O. The van der Waals surface area contributed by atoms with Crippen molar-refractivity contribution in [2.75, 3.05) is 5.43 Å². The van der Waals surface area contributed by atoms with Gasteiger partial charge >= 0.3 is 0 Å². The predicted octanol–water partition coefficient (Wildman–Crippen LogP) is 2.54. The molecule has 106 valence electrons. The molecule has 3 rings (SSSR count). The molecule has 0 atom stereocenters. The summed E-state index contributed by atoms with van der Waals surface area (Å²) < 4.78 is 5.86. The third kappa shape index (κ3) is 2.46. The van der Waals surface area contributed by atoms with Crippen molar-refractivity contribution in [1.82, 2.24) is 0 Å². The molecule has 0 saturated carbocycles. The van der Waals surface area contributed by atoms with E-state index in [-0.39, 0.29) is 11.5 Å². The van der Waals surface area contributed by atoms with Gasteiger partial charge in [-0.05, 0) is 37.5 Å². The highest BCUT2D eigenvalue weighted by Crippen LogP contribution is 2.33. The van der Waals surface area contributed by atoms with Crippen LogP contribution in [0.2, 0.25) is 0 Å². The van der Waals surface area contributed by atoms with Crippen LogP contribution < -0.4 is 11.2 Å². The highest BCUT2D eigenvalue weighted by atomic mass is 16.3. The maximum absolute atomic E-state index is 8.81. The molecule has 1 aromatic carbocycles. The minimum absolute atomic E-state index is 0.135. The Bertz CT molecular complexity index is 781.